The van der Waals surface area contributed by atoms with Gasteiger partial charge in [-0.1, -0.05) is 6.07 Å². The highest BCUT2D eigenvalue weighted by Crippen LogP contribution is 2.24. The van der Waals surface area contributed by atoms with Crippen LogP contribution in [0.15, 0.2) is 24.3 Å². The van der Waals surface area contributed by atoms with Crippen LogP contribution in [-0.4, -0.2) is 67.2 Å². The van der Waals surface area contributed by atoms with Gasteiger partial charge in [0.15, 0.2) is 0 Å². The van der Waals surface area contributed by atoms with E-state index >= 15 is 0 Å². The van der Waals surface area contributed by atoms with E-state index < -0.39 is 23.6 Å². The molecule has 2 heterocycles. The fraction of sp³-hybridized carbons (Fsp3) is 0.526. The average molecular weight is 392 g/mol. The molecule has 0 spiro atoms. The molecule has 2 unspecified atom stereocenters. The Balaban J connectivity index is 1.66. The first-order valence-electron chi connectivity index (χ1n) is 9.21. The number of nitrogens with one attached hydrogen (secondary N) is 2. The number of methoxy groups -OCH3 is 1. The third kappa shape index (κ3) is 3.94. The molecule has 3 rings (SSSR count). The SMILES string of the molecule is COC(CC1(C)NC(=O)NC1=O)C(=O)N1CCN(c2cccc(F)c2)[C@@H](C)C1. The highest BCUT2D eigenvalue weighted by Gasteiger charge is 2.45. The maximum absolute atomic E-state index is 13.5. The molecule has 1 aromatic rings. The fourth-order valence-electron chi connectivity index (χ4n) is 3.77. The van der Waals surface area contributed by atoms with Crippen LogP contribution in [0.1, 0.15) is 20.3 Å². The van der Waals surface area contributed by atoms with E-state index in [0.29, 0.717) is 19.6 Å². The summed E-state index contributed by atoms with van der Waals surface area (Å²) in [6.07, 6.45) is -0.819. The summed E-state index contributed by atoms with van der Waals surface area (Å²) in [5.41, 5.74) is -0.414. The molecule has 0 aromatic heterocycles. The summed E-state index contributed by atoms with van der Waals surface area (Å²) >= 11 is 0. The van der Waals surface area contributed by atoms with Gasteiger partial charge in [-0.15, -0.1) is 0 Å². The van der Waals surface area contributed by atoms with Gasteiger partial charge in [-0.2, -0.15) is 0 Å². The summed E-state index contributed by atoms with van der Waals surface area (Å²) in [5, 5.41) is 4.74. The zero-order chi connectivity index (χ0) is 20.5. The summed E-state index contributed by atoms with van der Waals surface area (Å²) in [5.74, 6) is -1.01. The predicted octanol–water partition coefficient (Wildman–Crippen LogP) is 0.866. The van der Waals surface area contributed by atoms with Crippen LogP contribution in [-0.2, 0) is 14.3 Å². The largest absolute Gasteiger partial charge is 0.372 e. The molecular formula is C19H25FN4O4. The Hall–Kier alpha value is -2.68. The van der Waals surface area contributed by atoms with E-state index in [0.717, 1.165) is 5.69 Å². The van der Waals surface area contributed by atoms with Crippen molar-refractivity contribution in [3.63, 3.8) is 0 Å². The Labute approximate surface area is 163 Å². The second kappa shape index (κ2) is 7.75. The topological polar surface area (TPSA) is 91.0 Å². The standard InChI is InChI=1S/C19H25FN4O4/c1-12-11-23(7-8-24(12)14-6-4-5-13(20)9-14)16(25)15(28-3)10-19(2)17(26)21-18(27)22-19/h4-6,9,12,15H,7-8,10-11H2,1-3H3,(H2,21,22,26,27)/t12-,15?,19?/m0/s1. The quantitative estimate of drug-likeness (QED) is 0.726. The second-order valence-corrected chi connectivity index (χ2v) is 7.48. The molecule has 9 heteroatoms. The highest BCUT2D eigenvalue weighted by molar-refractivity contribution is 6.07. The number of hydrogen-bond acceptors (Lipinski definition) is 5. The maximum atomic E-state index is 13.5. The van der Waals surface area contributed by atoms with Gasteiger partial charge in [-0.25, -0.2) is 9.18 Å². The van der Waals surface area contributed by atoms with Crippen LogP contribution in [0.4, 0.5) is 14.9 Å². The lowest BCUT2D eigenvalue weighted by molar-refractivity contribution is -0.144. The number of hydrogen-bond donors (Lipinski definition) is 2. The number of halogens is 1. The van der Waals surface area contributed by atoms with E-state index in [1.54, 1.807) is 17.9 Å². The number of ether oxygens (including phenoxy) is 1. The Morgan fingerprint density at radius 2 is 2.14 bits per heavy atom. The van der Waals surface area contributed by atoms with Gasteiger partial charge in [0, 0.05) is 44.9 Å². The van der Waals surface area contributed by atoms with E-state index in [4.69, 9.17) is 4.74 Å². The number of nitrogens with zero attached hydrogens (tertiary/aromatic N) is 2. The number of imide groups is 1. The molecule has 2 aliphatic rings. The second-order valence-electron chi connectivity index (χ2n) is 7.48. The zero-order valence-corrected chi connectivity index (χ0v) is 16.2. The summed E-state index contributed by atoms with van der Waals surface area (Å²) in [6.45, 7) is 5.00. The summed E-state index contributed by atoms with van der Waals surface area (Å²) in [6, 6.07) is 5.80. The average Bonchev–Trinajstić information content (AvgIpc) is 2.90. The van der Waals surface area contributed by atoms with Crippen molar-refractivity contribution in [2.75, 3.05) is 31.6 Å². The van der Waals surface area contributed by atoms with Gasteiger partial charge < -0.3 is 19.9 Å². The summed E-state index contributed by atoms with van der Waals surface area (Å²) < 4.78 is 18.9. The number of amides is 4. The maximum Gasteiger partial charge on any atom is 0.322 e. The van der Waals surface area contributed by atoms with E-state index in [2.05, 4.69) is 15.5 Å². The van der Waals surface area contributed by atoms with Gasteiger partial charge in [0.1, 0.15) is 17.5 Å². The molecule has 2 aliphatic heterocycles. The van der Waals surface area contributed by atoms with Crippen LogP contribution in [0.25, 0.3) is 0 Å². The van der Waals surface area contributed by atoms with Crippen molar-refractivity contribution in [3.05, 3.63) is 30.1 Å². The first-order chi connectivity index (χ1) is 13.2. The molecule has 2 N–H and O–H groups in total. The lowest BCUT2D eigenvalue weighted by Gasteiger charge is -2.42. The lowest BCUT2D eigenvalue weighted by atomic mass is 9.93. The number of piperazine rings is 1. The number of rotatable bonds is 5. The number of urea groups is 1. The summed E-state index contributed by atoms with van der Waals surface area (Å²) in [4.78, 5) is 40.2. The predicted molar refractivity (Wildman–Crippen MR) is 100 cm³/mol. The minimum Gasteiger partial charge on any atom is -0.372 e. The Kier molecular flexibility index (Phi) is 5.55. The van der Waals surface area contributed by atoms with Crippen molar-refractivity contribution in [2.45, 2.75) is 38.0 Å². The highest BCUT2D eigenvalue weighted by atomic mass is 19.1. The molecular weight excluding hydrogens is 367 g/mol. The van der Waals surface area contributed by atoms with Crippen molar-refractivity contribution < 1.29 is 23.5 Å². The van der Waals surface area contributed by atoms with Gasteiger partial charge in [0.2, 0.25) is 0 Å². The van der Waals surface area contributed by atoms with Crippen molar-refractivity contribution in [1.82, 2.24) is 15.5 Å². The van der Waals surface area contributed by atoms with Crippen LogP contribution < -0.4 is 15.5 Å². The van der Waals surface area contributed by atoms with Gasteiger partial charge in [-0.05, 0) is 32.0 Å². The third-order valence-corrected chi connectivity index (χ3v) is 5.35. The number of benzene rings is 1. The third-order valence-electron chi connectivity index (χ3n) is 5.35. The van der Waals surface area contributed by atoms with Crippen molar-refractivity contribution in [1.29, 1.82) is 0 Å². The molecule has 0 aliphatic carbocycles. The van der Waals surface area contributed by atoms with E-state index in [-0.39, 0.29) is 24.2 Å². The number of carbonyl (C=O) groups excluding carboxylic acids is 3. The molecule has 2 fully saturated rings. The van der Waals surface area contributed by atoms with Gasteiger partial charge in [0.25, 0.3) is 11.8 Å². The molecule has 8 nitrogen and oxygen atoms in total. The first kappa shape index (κ1) is 20.1. The molecule has 0 bridgehead atoms. The first-order valence-corrected chi connectivity index (χ1v) is 9.21. The van der Waals surface area contributed by atoms with E-state index in [9.17, 15) is 18.8 Å². The molecule has 2 saturated heterocycles. The molecule has 1 aromatic carbocycles. The Morgan fingerprint density at radius 1 is 1.39 bits per heavy atom. The van der Waals surface area contributed by atoms with E-state index in [1.165, 1.54) is 19.2 Å². The number of anilines is 1. The zero-order valence-electron chi connectivity index (χ0n) is 16.2. The van der Waals surface area contributed by atoms with Crippen LogP contribution >= 0.6 is 0 Å². The van der Waals surface area contributed by atoms with Crippen molar-refractivity contribution >= 4 is 23.5 Å². The minimum atomic E-state index is -1.19. The van der Waals surface area contributed by atoms with Crippen molar-refractivity contribution in [2.24, 2.45) is 0 Å². The lowest BCUT2D eigenvalue weighted by Crippen LogP contribution is -2.57. The van der Waals surface area contributed by atoms with Crippen LogP contribution in [0.3, 0.4) is 0 Å². The molecule has 152 valence electrons. The van der Waals surface area contributed by atoms with E-state index in [1.807, 2.05) is 13.0 Å². The molecule has 3 atom stereocenters. The van der Waals surface area contributed by atoms with Crippen LogP contribution in [0.2, 0.25) is 0 Å². The molecule has 4 amide bonds. The Morgan fingerprint density at radius 3 is 2.71 bits per heavy atom. The van der Waals surface area contributed by atoms with Crippen LogP contribution in [0, 0.1) is 5.82 Å². The van der Waals surface area contributed by atoms with Gasteiger partial charge in [0.05, 0.1) is 0 Å². The number of carbonyl (C=O) groups is 3. The normalized spacial score (nSPS) is 26.1. The fourth-order valence-corrected chi connectivity index (χ4v) is 3.77. The summed E-state index contributed by atoms with van der Waals surface area (Å²) in [7, 11) is 1.41. The van der Waals surface area contributed by atoms with Crippen molar-refractivity contribution in [3.8, 4) is 0 Å². The minimum absolute atomic E-state index is 0.0120. The van der Waals surface area contributed by atoms with Crippen LogP contribution in [0.5, 0.6) is 0 Å². The smallest absolute Gasteiger partial charge is 0.322 e. The monoisotopic (exact) mass is 392 g/mol. The molecule has 28 heavy (non-hydrogen) atoms. The van der Waals surface area contributed by atoms with Gasteiger partial charge in [-0.3, -0.25) is 14.9 Å². The van der Waals surface area contributed by atoms with Gasteiger partial charge >= 0.3 is 6.03 Å². The molecule has 0 radical (unpaired) electrons. The Bertz CT molecular complexity index is 789. The molecule has 0 saturated carbocycles.